The molecule has 25 heavy (non-hydrogen) atoms. The van der Waals surface area contributed by atoms with Crippen molar-refractivity contribution in [3.8, 4) is 0 Å². The molecule has 7 heteroatoms. The molecule has 0 aliphatic heterocycles. The maximum absolute atomic E-state index is 12.1. The third-order valence-electron chi connectivity index (χ3n) is 4.46. The van der Waals surface area contributed by atoms with Crippen LogP contribution >= 0.6 is 0 Å². The summed E-state index contributed by atoms with van der Waals surface area (Å²) in [6.07, 6.45) is 6.12. The molecular formula is C18H25NO5S. The minimum absolute atomic E-state index is 0.127. The van der Waals surface area contributed by atoms with Gasteiger partial charge in [0.25, 0.3) is 5.91 Å². The van der Waals surface area contributed by atoms with Crippen LogP contribution in [0, 0.1) is 5.92 Å². The van der Waals surface area contributed by atoms with Crippen molar-refractivity contribution < 1.29 is 22.7 Å². The Morgan fingerprint density at radius 2 is 1.76 bits per heavy atom. The Kier molecular flexibility index (Phi) is 6.58. The van der Waals surface area contributed by atoms with Crippen molar-refractivity contribution >= 4 is 21.7 Å². The Bertz CT molecular complexity index is 705. The molecule has 1 aliphatic carbocycles. The molecular weight excluding hydrogens is 342 g/mol. The molecule has 6 nitrogen and oxygen atoms in total. The zero-order valence-corrected chi connectivity index (χ0v) is 15.5. The van der Waals surface area contributed by atoms with Gasteiger partial charge in [0.1, 0.15) is 0 Å². The van der Waals surface area contributed by atoms with Crippen molar-refractivity contribution in [3.63, 3.8) is 0 Å². The topological polar surface area (TPSA) is 89.5 Å². The van der Waals surface area contributed by atoms with Crippen molar-refractivity contribution in [1.82, 2.24) is 5.32 Å². The van der Waals surface area contributed by atoms with Gasteiger partial charge in [-0.1, -0.05) is 19.3 Å². The Balaban J connectivity index is 1.85. The van der Waals surface area contributed by atoms with Gasteiger partial charge < -0.3 is 10.1 Å². The van der Waals surface area contributed by atoms with Crippen LogP contribution in [0.5, 0.6) is 0 Å². The number of hydrogen-bond acceptors (Lipinski definition) is 5. The lowest BCUT2D eigenvalue weighted by Gasteiger charge is -2.22. The van der Waals surface area contributed by atoms with Gasteiger partial charge in [-0.3, -0.25) is 4.79 Å². The van der Waals surface area contributed by atoms with E-state index in [9.17, 15) is 18.0 Å². The summed E-state index contributed by atoms with van der Waals surface area (Å²) in [5.74, 6) is -0.462. The molecule has 0 heterocycles. The van der Waals surface area contributed by atoms with E-state index in [1.807, 2.05) is 0 Å². The molecule has 0 spiro atoms. The quantitative estimate of drug-likeness (QED) is 0.780. The molecule has 2 rings (SSSR count). The van der Waals surface area contributed by atoms with Gasteiger partial charge in [0.15, 0.2) is 15.9 Å². The molecule has 1 fully saturated rings. The van der Waals surface area contributed by atoms with Crippen LogP contribution in [0.1, 0.15) is 49.4 Å². The van der Waals surface area contributed by atoms with Gasteiger partial charge in [-0.15, -0.1) is 0 Å². The lowest BCUT2D eigenvalue weighted by atomic mass is 9.89. The predicted molar refractivity (Wildman–Crippen MR) is 94.0 cm³/mol. The number of carbonyl (C=O) groups excluding carboxylic acids is 2. The summed E-state index contributed by atoms with van der Waals surface area (Å²) in [6.45, 7) is 2.14. The van der Waals surface area contributed by atoms with Gasteiger partial charge in [-0.25, -0.2) is 13.2 Å². The average molecular weight is 367 g/mol. The molecule has 0 unspecified atom stereocenters. The standard InChI is InChI=1S/C18H25NO5S/c1-13(17(20)19-12-14-6-4-3-5-7-14)24-18(21)15-8-10-16(11-9-15)25(2,22)23/h8-11,13-14H,3-7,12H2,1-2H3,(H,19,20)/t13-/m1/s1. The number of nitrogens with one attached hydrogen (secondary N) is 1. The van der Waals surface area contributed by atoms with Gasteiger partial charge >= 0.3 is 5.97 Å². The number of sulfone groups is 1. The summed E-state index contributed by atoms with van der Waals surface area (Å²) in [6, 6.07) is 5.45. The van der Waals surface area contributed by atoms with Crippen LogP contribution in [0.3, 0.4) is 0 Å². The summed E-state index contributed by atoms with van der Waals surface area (Å²) >= 11 is 0. The van der Waals surface area contributed by atoms with Crippen molar-refractivity contribution in [3.05, 3.63) is 29.8 Å². The lowest BCUT2D eigenvalue weighted by molar-refractivity contribution is -0.129. The fraction of sp³-hybridized carbons (Fsp3) is 0.556. The summed E-state index contributed by atoms with van der Waals surface area (Å²) in [7, 11) is -3.32. The monoisotopic (exact) mass is 367 g/mol. The fourth-order valence-electron chi connectivity index (χ4n) is 2.90. The molecule has 138 valence electrons. The Labute approximate surface area is 148 Å². The maximum Gasteiger partial charge on any atom is 0.338 e. The number of amides is 1. The highest BCUT2D eigenvalue weighted by atomic mass is 32.2. The van der Waals surface area contributed by atoms with E-state index in [2.05, 4.69) is 5.32 Å². The van der Waals surface area contributed by atoms with E-state index in [1.165, 1.54) is 50.5 Å². The van der Waals surface area contributed by atoms with Crippen LogP contribution in [0.4, 0.5) is 0 Å². The van der Waals surface area contributed by atoms with Gasteiger partial charge in [-0.2, -0.15) is 0 Å². The first-order chi connectivity index (χ1) is 11.8. The van der Waals surface area contributed by atoms with E-state index in [1.54, 1.807) is 0 Å². The molecule has 0 aromatic heterocycles. The third kappa shape index (κ3) is 5.85. The highest BCUT2D eigenvalue weighted by Crippen LogP contribution is 2.22. The normalized spacial score (nSPS) is 16.9. The molecule has 1 N–H and O–H groups in total. The first kappa shape index (κ1) is 19.4. The number of ether oxygens (including phenoxy) is 1. The molecule has 1 aromatic rings. The van der Waals surface area contributed by atoms with Crippen LogP contribution in [-0.4, -0.2) is 39.2 Å². The molecule has 0 saturated heterocycles. The van der Waals surface area contributed by atoms with E-state index < -0.39 is 21.9 Å². The zero-order chi connectivity index (χ0) is 18.4. The largest absolute Gasteiger partial charge is 0.449 e. The molecule has 1 amide bonds. The summed E-state index contributed by atoms with van der Waals surface area (Å²) in [4.78, 5) is 24.3. The third-order valence-corrected chi connectivity index (χ3v) is 5.59. The Morgan fingerprint density at radius 1 is 1.16 bits per heavy atom. The Morgan fingerprint density at radius 3 is 2.32 bits per heavy atom. The van der Waals surface area contributed by atoms with Gasteiger partial charge in [-0.05, 0) is 49.9 Å². The summed E-state index contributed by atoms with van der Waals surface area (Å²) in [5, 5.41) is 2.84. The Hall–Kier alpha value is -1.89. The summed E-state index contributed by atoms with van der Waals surface area (Å²) < 4.78 is 28.0. The molecule has 1 saturated carbocycles. The molecule has 0 bridgehead atoms. The highest BCUT2D eigenvalue weighted by molar-refractivity contribution is 7.90. The van der Waals surface area contributed by atoms with Crippen molar-refractivity contribution in [2.45, 2.75) is 50.0 Å². The first-order valence-corrected chi connectivity index (χ1v) is 10.5. The van der Waals surface area contributed by atoms with Crippen molar-refractivity contribution in [2.75, 3.05) is 12.8 Å². The number of rotatable bonds is 6. The molecule has 1 aromatic carbocycles. The second kappa shape index (κ2) is 8.47. The van der Waals surface area contributed by atoms with E-state index in [0.717, 1.165) is 19.1 Å². The van der Waals surface area contributed by atoms with Gasteiger partial charge in [0, 0.05) is 12.8 Å². The van der Waals surface area contributed by atoms with Gasteiger partial charge in [0.05, 0.1) is 10.5 Å². The van der Waals surface area contributed by atoms with Crippen LogP contribution in [0.15, 0.2) is 29.2 Å². The minimum atomic E-state index is -3.32. The number of esters is 1. The van der Waals surface area contributed by atoms with E-state index in [-0.39, 0.29) is 16.4 Å². The summed E-state index contributed by atoms with van der Waals surface area (Å²) in [5.41, 5.74) is 0.208. The predicted octanol–water partition coefficient (Wildman–Crippen LogP) is 2.33. The van der Waals surface area contributed by atoms with E-state index >= 15 is 0 Å². The average Bonchev–Trinajstić information content (AvgIpc) is 2.59. The van der Waals surface area contributed by atoms with Crippen LogP contribution in [0.25, 0.3) is 0 Å². The van der Waals surface area contributed by atoms with E-state index in [0.29, 0.717) is 12.5 Å². The lowest BCUT2D eigenvalue weighted by Crippen LogP contribution is -2.38. The molecule has 0 radical (unpaired) electrons. The van der Waals surface area contributed by atoms with Gasteiger partial charge in [0.2, 0.25) is 0 Å². The van der Waals surface area contributed by atoms with Crippen LogP contribution in [0.2, 0.25) is 0 Å². The zero-order valence-electron chi connectivity index (χ0n) is 14.7. The SMILES string of the molecule is C[C@@H](OC(=O)c1ccc(S(C)(=O)=O)cc1)C(=O)NCC1CCCCC1. The van der Waals surface area contributed by atoms with Crippen molar-refractivity contribution in [1.29, 1.82) is 0 Å². The minimum Gasteiger partial charge on any atom is -0.449 e. The fourth-order valence-corrected chi connectivity index (χ4v) is 3.53. The van der Waals surface area contributed by atoms with Crippen molar-refractivity contribution in [2.24, 2.45) is 5.92 Å². The van der Waals surface area contributed by atoms with Crippen LogP contribution < -0.4 is 5.32 Å². The first-order valence-electron chi connectivity index (χ1n) is 8.56. The highest BCUT2D eigenvalue weighted by Gasteiger charge is 2.21. The molecule has 1 atom stereocenters. The second-order valence-corrected chi connectivity index (χ2v) is 8.61. The van der Waals surface area contributed by atoms with E-state index in [4.69, 9.17) is 4.74 Å². The number of hydrogen-bond donors (Lipinski definition) is 1. The van der Waals surface area contributed by atoms with Crippen LogP contribution in [-0.2, 0) is 19.4 Å². The number of carbonyl (C=O) groups is 2. The second-order valence-electron chi connectivity index (χ2n) is 6.59. The maximum atomic E-state index is 12.1. The smallest absolute Gasteiger partial charge is 0.338 e. The number of benzene rings is 1. The molecule has 1 aliphatic rings.